The molecule has 2 aliphatic heterocycles. The molecule has 3 amide bonds. The van der Waals surface area contributed by atoms with Crippen LogP contribution in [-0.2, 0) is 30.7 Å². The minimum Gasteiger partial charge on any atom is -0.444 e. The molecule has 0 saturated carbocycles. The summed E-state index contributed by atoms with van der Waals surface area (Å²) in [6, 6.07) is 10.9. The summed E-state index contributed by atoms with van der Waals surface area (Å²) >= 11 is 12.2. The molecule has 1 unspecified atom stereocenters. The normalized spacial score (nSPS) is 21.4. The van der Waals surface area contributed by atoms with Gasteiger partial charge in [-0.25, -0.2) is 13.2 Å². The molecule has 4 atom stereocenters. The van der Waals surface area contributed by atoms with Gasteiger partial charge in [-0.1, -0.05) is 61.3 Å². The Bertz CT molecular complexity index is 1520. The van der Waals surface area contributed by atoms with Crippen LogP contribution in [0.1, 0.15) is 59.4 Å². The molecule has 46 heavy (non-hydrogen) atoms. The lowest BCUT2D eigenvalue weighted by molar-refractivity contribution is -0.143. The van der Waals surface area contributed by atoms with E-state index in [9.17, 15) is 22.8 Å². The second-order valence-corrected chi connectivity index (χ2v) is 16.3. The molecule has 4 rings (SSSR count). The number of ether oxygens (including phenoxy) is 1. The summed E-state index contributed by atoms with van der Waals surface area (Å²) in [4.78, 5) is 44.4. The van der Waals surface area contributed by atoms with Crippen molar-refractivity contribution in [1.82, 2.24) is 20.4 Å². The summed E-state index contributed by atoms with van der Waals surface area (Å²) in [5, 5.41) is 6.62. The largest absolute Gasteiger partial charge is 0.444 e. The number of sulfone groups is 1. The van der Waals surface area contributed by atoms with Crippen LogP contribution in [0.15, 0.2) is 53.4 Å². The number of hydrogen-bond donors (Lipinski definition) is 2. The van der Waals surface area contributed by atoms with Crippen molar-refractivity contribution in [1.29, 1.82) is 0 Å². The third-order valence-electron chi connectivity index (χ3n) is 8.14. The highest BCUT2D eigenvalue weighted by Crippen LogP contribution is 2.31. The van der Waals surface area contributed by atoms with Gasteiger partial charge < -0.3 is 20.3 Å². The first kappa shape index (κ1) is 36.0. The predicted molar refractivity (Wildman–Crippen MR) is 178 cm³/mol. The first-order valence-electron chi connectivity index (χ1n) is 15.6. The fraction of sp³-hybridized carbons (Fsp3) is 0.545. The highest BCUT2D eigenvalue weighted by atomic mass is 35.5. The maximum Gasteiger partial charge on any atom is 0.407 e. The number of alkyl carbamates (subject to hydrolysis) is 1. The lowest BCUT2D eigenvalue weighted by Crippen LogP contribution is -2.53. The van der Waals surface area contributed by atoms with Gasteiger partial charge >= 0.3 is 6.09 Å². The van der Waals surface area contributed by atoms with Crippen molar-refractivity contribution in [2.24, 2.45) is 5.92 Å². The van der Waals surface area contributed by atoms with Gasteiger partial charge in [0.15, 0.2) is 9.84 Å². The molecule has 2 heterocycles. The molecule has 0 spiro atoms. The van der Waals surface area contributed by atoms with Gasteiger partial charge in [-0.05, 0) is 75.8 Å². The van der Waals surface area contributed by atoms with Crippen LogP contribution >= 0.6 is 23.2 Å². The molecule has 2 aromatic rings. The highest BCUT2D eigenvalue weighted by molar-refractivity contribution is 7.91. The van der Waals surface area contributed by atoms with Crippen LogP contribution in [0.5, 0.6) is 0 Å². The summed E-state index contributed by atoms with van der Waals surface area (Å²) in [6.07, 6.45) is 0.406. The van der Waals surface area contributed by atoms with E-state index >= 15 is 0 Å². The number of rotatable bonds is 10. The fourth-order valence-corrected chi connectivity index (χ4v) is 8.04. The zero-order valence-corrected chi connectivity index (χ0v) is 29.3. The van der Waals surface area contributed by atoms with E-state index in [1.54, 1.807) is 74.2 Å². The van der Waals surface area contributed by atoms with Crippen molar-refractivity contribution < 1.29 is 27.5 Å². The zero-order valence-electron chi connectivity index (χ0n) is 27.0. The maximum atomic E-state index is 14.3. The topological polar surface area (TPSA) is 125 Å². The summed E-state index contributed by atoms with van der Waals surface area (Å²) < 4.78 is 32.5. The number of nitrogens with zero attached hydrogens (tertiary/aromatic N) is 2. The monoisotopic (exact) mass is 694 g/mol. The van der Waals surface area contributed by atoms with E-state index in [1.807, 2.05) is 18.7 Å². The Balaban J connectivity index is 1.60. The van der Waals surface area contributed by atoms with Crippen LogP contribution < -0.4 is 10.6 Å². The summed E-state index contributed by atoms with van der Waals surface area (Å²) in [7, 11) is -3.70. The molecule has 2 aliphatic rings. The van der Waals surface area contributed by atoms with E-state index in [0.29, 0.717) is 22.9 Å². The standard InChI is InChI=1S/C33H44Cl2N4O6S/c1-21(2)15-28(30(40)36-18-22-11-12-26(34)27(35)16-22)38-14-13-24(20-46(43,44)25-9-7-6-8-10-25)39-19-23(17-29(39)31(38)41)37-32(42)45-33(3,4)5/h6-12,16,21,23-24,28-29H,13-15,17-20H2,1-5H3,(H,36,40)(H,37,42)/t23-,24?,28-,29+/m1/s1. The molecule has 2 fully saturated rings. The number of carbonyl (C=O) groups is 3. The minimum atomic E-state index is -3.70. The second kappa shape index (κ2) is 14.9. The smallest absolute Gasteiger partial charge is 0.407 e. The molecule has 0 aliphatic carbocycles. The third kappa shape index (κ3) is 9.36. The predicted octanol–water partition coefficient (Wildman–Crippen LogP) is 5.07. The van der Waals surface area contributed by atoms with Crippen LogP contribution in [0.4, 0.5) is 4.79 Å². The number of halogens is 2. The Morgan fingerprint density at radius 3 is 2.39 bits per heavy atom. The van der Waals surface area contributed by atoms with Gasteiger partial charge in [-0.15, -0.1) is 0 Å². The van der Waals surface area contributed by atoms with Gasteiger partial charge in [0, 0.05) is 31.7 Å². The molecule has 0 aromatic heterocycles. The summed E-state index contributed by atoms with van der Waals surface area (Å²) in [5.41, 5.74) is 0.0541. The number of fused-ring (bicyclic) bond motifs is 1. The average Bonchev–Trinajstić information content (AvgIpc) is 3.34. The lowest BCUT2D eigenvalue weighted by atomic mass is 10.00. The van der Waals surface area contributed by atoms with E-state index in [1.165, 1.54) is 0 Å². The summed E-state index contributed by atoms with van der Waals surface area (Å²) in [5.74, 6) is -0.682. The maximum absolute atomic E-state index is 14.3. The quantitative estimate of drug-likeness (QED) is 0.356. The Kier molecular flexibility index (Phi) is 11.7. The van der Waals surface area contributed by atoms with Crippen molar-refractivity contribution in [2.45, 2.75) is 95.1 Å². The Morgan fingerprint density at radius 2 is 1.76 bits per heavy atom. The fourth-order valence-electron chi connectivity index (χ4n) is 6.09. The van der Waals surface area contributed by atoms with Gasteiger partial charge in [0.25, 0.3) is 0 Å². The van der Waals surface area contributed by atoms with Crippen molar-refractivity contribution in [3.05, 3.63) is 64.1 Å². The molecular weight excluding hydrogens is 651 g/mol. The van der Waals surface area contributed by atoms with Crippen molar-refractivity contribution >= 4 is 50.9 Å². The molecule has 10 nitrogen and oxygen atoms in total. The van der Waals surface area contributed by atoms with Gasteiger partial charge in [0.1, 0.15) is 11.6 Å². The molecule has 0 radical (unpaired) electrons. The van der Waals surface area contributed by atoms with E-state index in [0.717, 1.165) is 5.56 Å². The molecule has 2 aromatic carbocycles. The summed E-state index contributed by atoms with van der Waals surface area (Å²) in [6.45, 7) is 9.95. The molecular formula is C33H44Cl2N4O6S. The van der Waals surface area contributed by atoms with Crippen molar-refractivity contribution in [2.75, 3.05) is 18.8 Å². The number of benzene rings is 2. The average molecular weight is 696 g/mol. The number of nitrogens with one attached hydrogen (secondary N) is 2. The molecule has 2 saturated heterocycles. The molecule has 252 valence electrons. The molecule has 0 bridgehead atoms. The van der Waals surface area contributed by atoms with Crippen LogP contribution in [0.2, 0.25) is 10.0 Å². The van der Waals surface area contributed by atoms with E-state index in [2.05, 4.69) is 10.6 Å². The molecule has 2 N–H and O–H groups in total. The van der Waals surface area contributed by atoms with Crippen LogP contribution in [0.25, 0.3) is 0 Å². The van der Waals surface area contributed by atoms with Gasteiger partial charge in [-0.2, -0.15) is 0 Å². The van der Waals surface area contributed by atoms with Crippen molar-refractivity contribution in [3.63, 3.8) is 0 Å². The second-order valence-electron chi connectivity index (χ2n) is 13.5. The van der Waals surface area contributed by atoms with E-state index in [-0.39, 0.29) is 54.4 Å². The minimum absolute atomic E-state index is 0.0901. The first-order chi connectivity index (χ1) is 21.5. The van der Waals surface area contributed by atoms with Gasteiger partial charge in [0.2, 0.25) is 11.8 Å². The van der Waals surface area contributed by atoms with Crippen LogP contribution in [0.3, 0.4) is 0 Å². The third-order valence-corrected chi connectivity index (χ3v) is 10.7. The molecule has 13 heteroatoms. The number of hydrogen-bond acceptors (Lipinski definition) is 7. The SMILES string of the molecule is CC(C)C[C@H](C(=O)NCc1ccc(Cl)c(Cl)c1)N1CCC(CS(=O)(=O)c2ccccc2)N2C[C@H](NC(=O)OC(C)(C)C)C[C@H]2C1=O. The van der Waals surface area contributed by atoms with Gasteiger partial charge in [0.05, 0.1) is 26.7 Å². The van der Waals surface area contributed by atoms with Gasteiger partial charge in [-0.3, -0.25) is 14.5 Å². The zero-order chi connectivity index (χ0) is 33.8. The van der Waals surface area contributed by atoms with Crippen molar-refractivity contribution in [3.8, 4) is 0 Å². The number of carbonyl (C=O) groups excluding carboxylic acids is 3. The Labute approximate surface area is 282 Å². The van der Waals surface area contributed by atoms with E-state index in [4.69, 9.17) is 27.9 Å². The Morgan fingerprint density at radius 1 is 1.07 bits per heavy atom. The van der Waals surface area contributed by atoms with Crippen LogP contribution in [0, 0.1) is 5.92 Å². The Hall–Kier alpha value is -2.86. The highest BCUT2D eigenvalue weighted by Gasteiger charge is 2.48. The first-order valence-corrected chi connectivity index (χ1v) is 18.0. The number of amides is 3. The lowest BCUT2D eigenvalue weighted by Gasteiger charge is -2.33. The van der Waals surface area contributed by atoms with E-state index < -0.39 is 45.7 Å². The van der Waals surface area contributed by atoms with Crippen LogP contribution in [-0.4, -0.2) is 84.7 Å².